The summed E-state index contributed by atoms with van der Waals surface area (Å²) in [7, 11) is 1.46. The summed E-state index contributed by atoms with van der Waals surface area (Å²) < 4.78 is 5.04. The van der Waals surface area contributed by atoms with Crippen LogP contribution in [0.5, 0.6) is 0 Å². The van der Waals surface area contributed by atoms with E-state index in [2.05, 4.69) is 5.32 Å². The molecule has 1 aromatic rings. The van der Waals surface area contributed by atoms with E-state index in [1.54, 1.807) is 0 Å². The molecular formula is C20H28N2O3. The van der Waals surface area contributed by atoms with Crippen molar-refractivity contribution in [2.24, 2.45) is 0 Å². The highest BCUT2D eigenvalue weighted by molar-refractivity contribution is 5.94. The Labute approximate surface area is 149 Å². The first kappa shape index (κ1) is 17.9. The Morgan fingerprint density at radius 3 is 2.28 bits per heavy atom. The van der Waals surface area contributed by atoms with Crippen LogP contribution in [0.25, 0.3) is 0 Å². The Bertz CT molecular complexity index is 600. The molecule has 3 rings (SSSR count). The number of ether oxygens (including phenoxy) is 1. The molecule has 0 bridgehead atoms. The average Bonchev–Trinajstić information content (AvgIpc) is 3.21. The Hall–Kier alpha value is -1.88. The van der Waals surface area contributed by atoms with E-state index in [-0.39, 0.29) is 11.9 Å². The molecule has 5 heteroatoms. The van der Waals surface area contributed by atoms with Crippen molar-refractivity contribution in [1.82, 2.24) is 10.2 Å². The fraction of sp³-hybridized carbons (Fsp3) is 0.600. The first-order valence-corrected chi connectivity index (χ1v) is 9.36. The molecule has 1 amide bonds. The highest BCUT2D eigenvalue weighted by atomic mass is 16.5. The lowest BCUT2D eigenvalue weighted by Gasteiger charge is -2.35. The predicted octanol–water partition coefficient (Wildman–Crippen LogP) is 2.89. The number of benzene rings is 1. The SMILES string of the molecule is COC(=O)C1(NCc2ccc(C(=O)N3CCCC3)cc2)CCCCC1. The molecule has 0 unspecified atom stereocenters. The van der Waals surface area contributed by atoms with E-state index >= 15 is 0 Å². The zero-order chi connectivity index (χ0) is 17.7. The molecule has 2 aliphatic rings. The van der Waals surface area contributed by atoms with Crippen molar-refractivity contribution in [3.8, 4) is 0 Å². The minimum atomic E-state index is -0.558. The Kier molecular flexibility index (Phi) is 5.74. The molecule has 1 saturated heterocycles. The van der Waals surface area contributed by atoms with E-state index in [0.717, 1.165) is 62.7 Å². The van der Waals surface area contributed by atoms with E-state index in [4.69, 9.17) is 4.74 Å². The first-order valence-electron chi connectivity index (χ1n) is 9.36. The number of nitrogens with zero attached hydrogens (tertiary/aromatic N) is 1. The molecule has 1 saturated carbocycles. The normalized spacial score (nSPS) is 19.6. The highest BCUT2D eigenvalue weighted by Crippen LogP contribution is 2.29. The van der Waals surface area contributed by atoms with Gasteiger partial charge in [-0.2, -0.15) is 0 Å². The zero-order valence-corrected chi connectivity index (χ0v) is 15.1. The molecule has 2 fully saturated rings. The van der Waals surface area contributed by atoms with Crippen molar-refractivity contribution in [3.63, 3.8) is 0 Å². The van der Waals surface area contributed by atoms with Gasteiger partial charge in [0.25, 0.3) is 5.91 Å². The third-order valence-corrected chi connectivity index (χ3v) is 5.51. The van der Waals surface area contributed by atoms with Gasteiger partial charge < -0.3 is 9.64 Å². The molecule has 136 valence electrons. The molecule has 1 N–H and O–H groups in total. The van der Waals surface area contributed by atoms with Crippen molar-refractivity contribution < 1.29 is 14.3 Å². The Morgan fingerprint density at radius 1 is 1.04 bits per heavy atom. The lowest BCUT2D eigenvalue weighted by molar-refractivity contribution is -0.150. The standard InChI is InChI=1S/C20H28N2O3/c1-25-19(24)20(11-3-2-4-12-20)21-15-16-7-9-17(10-8-16)18(23)22-13-5-6-14-22/h7-10,21H,2-6,11-15H2,1H3. The van der Waals surface area contributed by atoms with Crippen LogP contribution in [0.15, 0.2) is 24.3 Å². The molecule has 0 atom stereocenters. The van der Waals surface area contributed by atoms with E-state index in [1.165, 1.54) is 13.5 Å². The molecule has 1 heterocycles. The van der Waals surface area contributed by atoms with Crippen molar-refractivity contribution in [3.05, 3.63) is 35.4 Å². The number of carbonyl (C=O) groups excluding carboxylic acids is 2. The summed E-state index contributed by atoms with van der Waals surface area (Å²) >= 11 is 0. The maximum atomic E-state index is 12.4. The second-order valence-corrected chi connectivity index (χ2v) is 7.18. The number of amides is 1. The van der Waals surface area contributed by atoms with Crippen LogP contribution in [0.2, 0.25) is 0 Å². The number of rotatable bonds is 5. The topological polar surface area (TPSA) is 58.6 Å². The second kappa shape index (κ2) is 8.00. The van der Waals surface area contributed by atoms with Crippen LogP contribution in [-0.2, 0) is 16.1 Å². The van der Waals surface area contributed by atoms with Gasteiger partial charge >= 0.3 is 5.97 Å². The maximum Gasteiger partial charge on any atom is 0.326 e. The molecule has 1 aliphatic carbocycles. The average molecular weight is 344 g/mol. The molecule has 25 heavy (non-hydrogen) atoms. The molecule has 0 radical (unpaired) electrons. The number of carbonyl (C=O) groups is 2. The summed E-state index contributed by atoms with van der Waals surface area (Å²) in [5.41, 5.74) is 1.26. The van der Waals surface area contributed by atoms with Gasteiger partial charge in [0.2, 0.25) is 0 Å². The Morgan fingerprint density at radius 2 is 1.68 bits per heavy atom. The van der Waals surface area contributed by atoms with Gasteiger partial charge in [0.15, 0.2) is 0 Å². The number of hydrogen-bond donors (Lipinski definition) is 1. The number of esters is 1. The molecule has 5 nitrogen and oxygen atoms in total. The predicted molar refractivity (Wildman–Crippen MR) is 96.3 cm³/mol. The van der Waals surface area contributed by atoms with Gasteiger partial charge in [0, 0.05) is 25.2 Å². The lowest BCUT2D eigenvalue weighted by atomic mass is 9.81. The van der Waals surface area contributed by atoms with Gasteiger partial charge in [-0.1, -0.05) is 31.4 Å². The summed E-state index contributed by atoms with van der Waals surface area (Å²) in [4.78, 5) is 26.6. The van der Waals surface area contributed by atoms with Crippen LogP contribution in [0.4, 0.5) is 0 Å². The van der Waals surface area contributed by atoms with Crippen LogP contribution >= 0.6 is 0 Å². The Balaban J connectivity index is 1.62. The summed E-state index contributed by atoms with van der Waals surface area (Å²) in [6.45, 7) is 2.33. The van der Waals surface area contributed by atoms with E-state index in [0.29, 0.717) is 6.54 Å². The van der Waals surface area contributed by atoms with Gasteiger partial charge in [-0.05, 0) is 43.4 Å². The summed E-state index contributed by atoms with van der Waals surface area (Å²) in [6, 6.07) is 7.74. The number of nitrogens with one attached hydrogen (secondary N) is 1. The molecular weight excluding hydrogens is 316 g/mol. The number of methoxy groups -OCH3 is 1. The highest BCUT2D eigenvalue weighted by Gasteiger charge is 2.40. The summed E-state index contributed by atoms with van der Waals surface area (Å²) in [5, 5.41) is 3.44. The van der Waals surface area contributed by atoms with Crippen molar-refractivity contribution >= 4 is 11.9 Å². The first-order chi connectivity index (χ1) is 12.1. The van der Waals surface area contributed by atoms with Gasteiger partial charge in [-0.3, -0.25) is 14.9 Å². The van der Waals surface area contributed by atoms with Crippen LogP contribution in [0, 0.1) is 0 Å². The monoisotopic (exact) mass is 344 g/mol. The molecule has 0 spiro atoms. The molecule has 0 aromatic heterocycles. The van der Waals surface area contributed by atoms with Crippen molar-refractivity contribution in [1.29, 1.82) is 0 Å². The van der Waals surface area contributed by atoms with Gasteiger partial charge in [-0.25, -0.2) is 0 Å². The minimum Gasteiger partial charge on any atom is -0.468 e. The van der Waals surface area contributed by atoms with Gasteiger partial charge in [0.1, 0.15) is 5.54 Å². The molecule has 1 aromatic carbocycles. The van der Waals surface area contributed by atoms with Gasteiger partial charge in [0.05, 0.1) is 7.11 Å². The van der Waals surface area contributed by atoms with Crippen LogP contribution in [0.3, 0.4) is 0 Å². The van der Waals surface area contributed by atoms with Crippen LogP contribution in [-0.4, -0.2) is 42.5 Å². The van der Waals surface area contributed by atoms with Crippen molar-refractivity contribution in [2.45, 2.75) is 57.0 Å². The quantitative estimate of drug-likeness (QED) is 0.835. The fourth-order valence-corrected chi connectivity index (χ4v) is 3.94. The van der Waals surface area contributed by atoms with Crippen LogP contribution in [0.1, 0.15) is 60.9 Å². The zero-order valence-electron chi connectivity index (χ0n) is 15.1. The second-order valence-electron chi connectivity index (χ2n) is 7.18. The third-order valence-electron chi connectivity index (χ3n) is 5.51. The van der Waals surface area contributed by atoms with Crippen LogP contribution < -0.4 is 5.32 Å². The lowest BCUT2D eigenvalue weighted by Crippen LogP contribution is -2.53. The number of hydrogen-bond acceptors (Lipinski definition) is 4. The number of likely N-dealkylation sites (tertiary alicyclic amines) is 1. The fourth-order valence-electron chi connectivity index (χ4n) is 3.94. The molecule has 1 aliphatic heterocycles. The summed E-state index contributed by atoms with van der Waals surface area (Å²) in [5.74, 6) is -0.0386. The van der Waals surface area contributed by atoms with Gasteiger partial charge in [-0.15, -0.1) is 0 Å². The summed E-state index contributed by atoms with van der Waals surface area (Å²) in [6.07, 6.45) is 7.12. The third kappa shape index (κ3) is 4.03. The minimum absolute atomic E-state index is 0.121. The van der Waals surface area contributed by atoms with E-state index in [1.807, 2.05) is 29.2 Å². The van der Waals surface area contributed by atoms with Crippen molar-refractivity contribution in [2.75, 3.05) is 20.2 Å². The largest absolute Gasteiger partial charge is 0.468 e. The van der Waals surface area contributed by atoms with E-state index in [9.17, 15) is 9.59 Å². The van der Waals surface area contributed by atoms with E-state index < -0.39 is 5.54 Å². The maximum absolute atomic E-state index is 12.4. The smallest absolute Gasteiger partial charge is 0.326 e.